The highest BCUT2D eigenvalue weighted by Gasteiger charge is 2.05. The van der Waals surface area contributed by atoms with Gasteiger partial charge in [0.15, 0.2) is 0 Å². The summed E-state index contributed by atoms with van der Waals surface area (Å²) in [6, 6.07) is 8.16. The normalized spacial score (nSPS) is 11.4. The molecule has 4 N–H and O–H groups in total. The molecule has 0 saturated carbocycles. The standard InChI is InChI=1S/C15H21N3O/c1-11-4-5-12-9-13(10-16-6-7-18(2)3)15(19)17-14(12)8-11/h4-5,8-9,16H,6-7,10H2,1-3H3,(H,17,19)/p+2. The molecule has 0 amide bonds. The number of aryl methyl sites for hydroxylation is 1. The number of aromatic amines is 1. The number of quaternary nitrogens is 2. The third-order valence-corrected chi connectivity index (χ3v) is 3.29. The second-order valence-electron chi connectivity index (χ2n) is 5.45. The third-order valence-electron chi connectivity index (χ3n) is 3.29. The maximum absolute atomic E-state index is 12.0. The van der Waals surface area contributed by atoms with Crippen molar-refractivity contribution in [3.8, 4) is 0 Å². The summed E-state index contributed by atoms with van der Waals surface area (Å²) in [5.74, 6) is 0. The summed E-state index contributed by atoms with van der Waals surface area (Å²) in [6.45, 7) is 4.91. The molecule has 19 heavy (non-hydrogen) atoms. The molecular weight excluding hydrogens is 238 g/mol. The molecule has 0 radical (unpaired) electrons. The summed E-state index contributed by atoms with van der Waals surface area (Å²) in [4.78, 5) is 16.4. The first-order valence-electron chi connectivity index (χ1n) is 6.79. The molecule has 1 aromatic heterocycles. The zero-order valence-corrected chi connectivity index (χ0v) is 11.9. The molecule has 0 unspecified atom stereocenters. The molecule has 4 heteroatoms. The minimum absolute atomic E-state index is 0.0338. The van der Waals surface area contributed by atoms with Crippen molar-refractivity contribution in [1.29, 1.82) is 0 Å². The Bertz CT molecular complexity index is 616. The Labute approximate surface area is 113 Å². The summed E-state index contributed by atoms with van der Waals surface area (Å²) < 4.78 is 0. The van der Waals surface area contributed by atoms with E-state index in [0.29, 0.717) is 0 Å². The van der Waals surface area contributed by atoms with Crippen LogP contribution in [-0.4, -0.2) is 32.2 Å². The molecule has 0 aliphatic carbocycles. The molecule has 2 rings (SSSR count). The number of hydrogen-bond donors (Lipinski definition) is 3. The predicted molar refractivity (Wildman–Crippen MR) is 77.5 cm³/mol. The number of rotatable bonds is 5. The molecule has 0 bridgehead atoms. The van der Waals surface area contributed by atoms with Gasteiger partial charge in [0.1, 0.15) is 19.6 Å². The second kappa shape index (κ2) is 5.99. The molecular formula is C15H23N3O+2. The Morgan fingerprint density at radius 3 is 2.79 bits per heavy atom. The van der Waals surface area contributed by atoms with Crippen LogP contribution in [0.5, 0.6) is 0 Å². The maximum atomic E-state index is 12.0. The van der Waals surface area contributed by atoms with Gasteiger partial charge in [0.25, 0.3) is 5.56 Å². The smallest absolute Gasteiger partial charge is 0.257 e. The Morgan fingerprint density at radius 2 is 2.05 bits per heavy atom. The van der Waals surface area contributed by atoms with Crippen LogP contribution >= 0.6 is 0 Å². The minimum Gasteiger partial charge on any atom is -0.338 e. The average molecular weight is 261 g/mol. The zero-order valence-electron chi connectivity index (χ0n) is 11.9. The van der Waals surface area contributed by atoms with E-state index < -0.39 is 0 Å². The fraction of sp³-hybridized carbons (Fsp3) is 0.400. The van der Waals surface area contributed by atoms with Gasteiger partial charge in [-0.3, -0.25) is 4.79 Å². The molecule has 0 spiro atoms. The fourth-order valence-corrected chi connectivity index (χ4v) is 2.16. The number of fused-ring (bicyclic) bond motifs is 1. The van der Waals surface area contributed by atoms with Gasteiger partial charge in [-0.15, -0.1) is 0 Å². The second-order valence-corrected chi connectivity index (χ2v) is 5.45. The lowest BCUT2D eigenvalue weighted by molar-refractivity contribution is -0.875. The molecule has 2 aromatic rings. The highest BCUT2D eigenvalue weighted by molar-refractivity contribution is 5.79. The molecule has 0 aliphatic rings. The van der Waals surface area contributed by atoms with Crippen LogP contribution in [-0.2, 0) is 6.54 Å². The van der Waals surface area contributed by atoms with Gasteiger partial charge in [0.2, 0.25) is 0 Å². The molecule has 0 atom stereocenters. The number of H-pyrrole nitrogens is 1. The van der Waals surface area contributed by atoms with Crippen molar-refractivity contribution >= 4 is 10.9 Å². The lowest BCUT2D eigenvalue weighted by atomic mass is 10.1. The van der Waals surface area contributed by atoms with Crippen LogP contribution in [0.1, 0.15) is 11.1 Å². The molecule has 102 valence electrons. The molecule has 1 heterocycles. The zero-order chi connectivity index (χ0) is 13.8. The van der Waals surface area contributed by atoms with Gasteiger partial charge in [-0.25, -0.2) is 0 Å². The molecule has 0 saturated heterocycles. The van der Waals surface area contributed by atoms with Crippen LogP contribution in [0.15, 0.2) is 29.1 Å². The average Bonchev–Trinajstić information content (AvgIpc) is 2.34. The summed E-state index contributed by atoms with van der Waals surface area (Å²) in [7, 11) is 4.28. The van der Waals surface area contributed by atoms with Crippen molar-refractivity contribution in [1.82, 2.24) is 4.98 Å². The highest BCUT2D eigenvalue weighted by Crippen LogP contribution is 2.12. The molecule has 0 aliphatic heterocycles. The summed E-state index contributed by atoms with van der Waals surface area (Å²) in [5.41, 5.74) is 2.97. The third kappa shape index (κ3) is 3.66. The number of hydrogen-bond acceptors (Lipinski definition) is 1. The van der Waals surface area contributed by atoms with Crippen molar-refractivity contribution in [2.24, 2.45) is 0 Å². The van der Waals surface area contributed by atoms with Crippen LogP contribution in [0.2, 0.25) is 0 Å². The van der Waals surface area contributed by atoms with Gasteiger partial charge in [0, 0.05) is 5.52 Å². The topological polar surface area (TPSA) is 53.9 Å². The number of aromatic nitrogens is 1. The Kier molecular flexibility index (Phi) is 4.35. The summed E-state index contributed by atoms with van der Waals surface area (Å²) in [5, 5.41) is 3.30. The Morgan fingerprint density at radius 1 is 1.26 bits per heavy atom. The largest absolute Gasteiger partial charge is 0.338 e. The van der Waals surface area contributed by atoms with E-state index >= 15 is 0 Å². The van der Waals surface area contributed by atoms with Crippen molar-refractivity contribution in [2.45, 2.75) is 13.5 Å². The Balaban J connectivity index is 2.13. The first-order chi connectivity index (χ1) is 9.06. The van der Waals surface area contributed by atoms with Crippen molar-refractivity contribution in [3.05, 3.63) is 45.7 Å². The van der Waals surface area contributed by atoms with E-state index in [1.807, 2.05) is 19.1 Å². The molecule has 1 aromatic carbocycles. The van der Waals surface area contributed by atoms with E-state index in [0.717, 1.165) is 41.7 Å². The first kappa shape index (κ1) is 13.8. The number of pyridine rings is 1. The lowest BCUT2D eigenvalue weighted by Gasteiger charge is -2.06. The SMILES string of the molecule is Cc1ccc2cc(C[NH2+]CC[NH+](C)C)c(=O)[nH]c2c1. The van der Waals surface area contributed by atoms with Crippen LogP contribution in [0, 0.1) is 6.92 Å². The van der Waals surface area contributed by atoms with E-state index in [4.69, 9.17) is 0 Å². The van der Waals surface area contributed by atoms with Crippen LogP contribution in [0.3, 0.4) is 0 Å². The van der Waals surface area contributed by atoms with Gasteiger partial charge < -0.3 is 15.2 Å². The van der Waals surface area contributed by atoms with Crippen LogP contribution in [0.4, 0.5) is 0 Å². The van der Waals surface area contributed by atoms with E-state index in [1.54, 1.807) is 0 Å². The number of likely N-dealkylation sites (N-methyl/N-ethyl adjacent to an activating group) is 1. The monoisotopic (exact) mass is 261 g/mol. The Hall–Kier alpha value is -1.65. The van der Waals surface area contributed by atoms with Crippen LogP contribution in [0.25, 0.3) is 10.9 Å². The number of nitrogens with one attached hydrogen (secondary N) is 2. The maximum Gasteiger partial charge on any atom is 0.257 e. The van der Waals surface area contributed by atoms with E-state index in [2.05, 4.69) is 36.5 Å². The number of nitrogens with two attached hydrogens (primary N) is 1. The van der Waals surface area contributed by atoms with Gasteiger partial charge in [-0.2, -0.15) is 0 Å². The first-order valence-corrected chi connectivity index (χ1v) is 6.79. The van der Waals surface area contributed by atoms with Gasteiger partial charge in [-0.05, 0) is 30.0 Å². The fourth-order valence-electron chi connectivity index (χ4n) is 2.16. The van der Waals surface area contributed by atoms with Crippen LogP contribution < -0.4 is 15.8 Å². The predicted octanol–water partition coefficient (Wildman–Crippen LogP) is -0.956. The quantitative estimate of drug-likeness (QED) is 0.597. The van der Waals surface area contributed by atoms with Gasteiger partial charge >= 0.3 is 0 Å². The van der Waals surface area contributed by atoms with Crippen molar-refractivity contribution < 1.29 is 10.2 Å². The number of benzene rings is 1. The van der Waals surface area contributed by atoms with E-state index in [9.17, 15) is 4.79 Å². The molecule has 0 fully saturated rings. The van der Waals surface area contributed by atoms with E-state index in [-0.39, 0.29) is 5.56 Å². The summed E-state index contributed by atoms with van der Waals surface area (Å²) >= 11 is 0. The highest BCUT2D eigenvalue weighted by atomic mass is 16.1. The summed E-state index contributed by atoms with van der Waals surface area (Å²) in [6.07, 6.45) is 0. The van der Waals surface area contributed by atoms with Gasteiger partial charge in [-0.1, -0.05) is 12.1 Å². The van der Waals surface area contributed by atoms with Crippen molar-refractivity contribution in [3.63, 3.8) is 0 Å². The molecule has 4 nitrogen and oxygen atoms in total. The van der Waals surface area contributed by atoms with E-state index in [1.165, 1.54) is 4.90 Å². The van der Waals surface area contributed by atoms with Crippen molar-refractivity contribution in [2.75, 3.05) is 27.2 Å². The van der Waals surface area contributed by atoms with Gasteiger partial charge in [0.05, 0.1) is 19.7 Å². The lowest BCUT2D eigenvalue weighted by Crippen LogP contribution is -3.09. The minimum atomic E-state index is 0.0338.